The molecule has 0 aromatic heterocycles. The van der Waals surface area contributed by atoms with Gasteiger partial charge in [0.25, 0.3) is 0 Å². The number of fused-ring (bicyclic) bond motifs is 1. The van der Waals surface area contributed by atoms with Crippen LogP contribution in [0.3, 0.4) is 0 Å². The highest BCUT2D eigenvalue weighted by Crippen LogP contribution is 2.41. The summed E-state index contributed by atoms with van der Waals surface area (Å²) in [6, 6.07) is 9.11. The maximum atomic E-state index is 11.8. The summed E-state index contributed by atoms with van der Waals surface area (Å²) in [6.45, 7) is -0.0488. The Morgan fingerprint density at radius 3 is 2.91 bits per heavy atom. The first-order chi connectivity index (χ1) is 10.6. The van der Waals surface area contributed by atoms with Gasteiger partial charge in [-0.1, -0.05) is 24.3 Å². The lowest BCUT2D eigenvalue weighted by atomic mass is 9.91. The van der Waals surface area contributed by atoms with Crippen LogP contribution in [0.4, 0.5) is 0 Å². The summed E-state index contributed by atoms with van der Waals surface area (Å²) in [5.41, 5.74) is 0. The zero-order chi connectivity index (χ0) is 15.5. The maximum absolute atomic E-state index is 11.8. The lowest BCUT2D eigenvalue weighted by Gasteiger charge is -2.14. The molecule has 5 heteroatoms. The summed E-state index contributed by atoms with van der Waals surface area (Å²) in [6.07, 6.45) is 3.09. The number of hydrogen-bond acceptors (Lipinski definition) is 5. The van der Waals surface area contributed by atoms with E-state index in [1.54, 1.807) is 18.2 Å². The number of ketones is 1. The molecule has 0 radical (unpaired) electrons. The number of aliphatic hydroxyl groups is 1. The summed E-state index contributed by atoms with van der Waals surface area (Å²) < 4.78 is 10.5. The third-order valence-corrected chi connectivity index (χ3v) is 4.20. The number of carbonyl (C=O) groups is 2. The normalized spacial score (nSPS) is 30.3. The fraction of sp³-hybridized carbons (Fsp3) is 0.412. The van der Waals surface area contributed by atoms with E-state index in [2.05, 4.69) is 0 Å². The number of carbonyl (C=O) groups excluding carboxylic acids is 2. The Hall–Kier alpha value is -2.14. The third kappa shape index (κ3) is 3.20. The Balaban J connectivity index is 1.54. The standard InChI is InChI=1S/C17H18O5/c18-11(10-21-12-4-2-1-3-5-12)6-7-13-14-8-17(20)22-16(14)9-15(13)19/h1-7,13-16,19H,8-10H2/b7-6+/t13-,14?,15-,16?/m0/s1. The third-order valence-electron chi connectivity index (χ3n) is 4.20. The van der Waals surface area contributed by atoms with Gasteiger partial charge in [0.2, 0.25) is 0 Å². The van der Waals surface area contributed by atoms with Gasteiger partial charge in [-0.3, -0.25) is 9.59 Å². The second-order valence-corrected chi connectivity index (χ2v) is 5.70. The smallest absolute Gasteiger partial charge is 0.306 e. The predicted octanol–water partition coefficient (Wildman–Crippen LogP) is 1.50. The summed E-state index contributed by atoms with van der Waals surface area (Å²) in [5, 5.41) is 10.0. The Bertz CT molecular complexity index is 580. The predicted molar refractivity (Wildman–Crippen MR) is 78.2 cm³/mol. The van der Waals surface area contributed by atoms with Gasteiger partial charge in [-0.25, -0.2) is 0 Å². The minimum atomic E-state index is -0.567. The van der Waals surface area contributed by atoms with Crippen molar-refractivity contribution in [3.63, 3.8) is 0 Å². The number of para-hydroxylation sites is 1. The van der Waals surface area contributed by atoms with Gasteiger partial charge in [0.05, 0.1) is 12.5 Å². The van der Waals surface area contributed by atoms with Gasteiger partial charge in [-0.15, -0.1) is 0 Å². The van der Waals surface area contributed by atoms with Crippen molar-refractivity contribution in [3.8, 4) is 5.75 Å². The first-order valence-corrected chi connectivity index (χ1v) is 7.40. The van der Waals surface area contributed by atoms with Crippen LogP contribution in [0.25, 0.3) is 0 Å². The summed E-state index contributed by atoms with van der Waals surface area (Å²) in [5.74, 6) is 0.00232. The highest BCUT2D eigenvalue weighted by molar-refractivity contribution is 5.91. The van der Waals surface area contributed by atoms with Gasteiger partial charge in [0.15, 0.2) is 12.4 Å². The molecule has 1 saturated carbocycles. The lowest BCUT2D eigenvalue weighted by Crippen LogP contribution is -2.18. The van der Waals surface area contributed by atoms with Crippen LogP contribution in [0.5, 0.6) is 5.75 Å². The molecule has 2 aliphatic rings. The van der Waals surface area contributed by atoms with E-state index in [9.17, 15) is 14.7 Å². The van der Waals surface area contributed by atoms with Crippen molar-refractivity contribution in [2.75, 3.05) is 6.61 Å². The van der Waals surface area contributed by atoms with Crippen LogP contribution in [-0.4, -0.2) is 35.7 Å². The van der Waals surface area contributed by atoms with E-state index in [0.29, 0.717) is 18.6 Å². The number of rotatable bonds is 5. The van der Waals surface area contributed by atoms with Gasteiger partial charge >= 0.3 is 5.97 Å². The van der Waals surface area contributed by atoms with Gasteiger partial charge in [-0.05, 0) is 18.2 Å². The number of hydrogen-bond donors (Lipinski definition) is 1. The van der Waals surface area contributed by atoms with Crippen molar-refractivity contribution >= 4 is 11.8 Å². The molecule has 0 spiro atoms. The molecule has 1 N–H and O–H groups in total. The zero-order valence-corrected chi connectivity index (χ0v) is 12.1. The van der Waals surface area contributed by atoms with Gasteiger partial charge in [-0.2, -0.15) is 0 Å². The summed E-state index contributed by atoms with van der Waals surface area (Å²) >= 11 is 0. The number of benzene rings is 1. The molecule has 1 aromatic carbocycles. The number of ether oxygens (including phenoxy) is 2. The number of esters is 1. The molecule has 3 rings (SSSR count). The van der Waals surface area contributed by atoms with E-state index in [1.807, 2.05) is 18.2 Å². The fourth-order valence-electron chi connectivity index (χ4n) is 3.12. The van der Waals surface area contributed by atoms with E-state index in [0.717, 1.165) is 0 Å². The molecule has 0 amide bonds. The van der Waals surface area contributed by atoms with Crippen LogP contribution < -0.4 is 4.74 Å². The van der Waals surface area contributed by atoms with Crippen LogP contribution in [0.2, 0.25) is 0 Å². The van der Waals surface area contributed by atoms with Crippen LogP contribution in [0.1, 0.15) is 12.8 Å². The molecular formula is C17H18O5. The second kappa shape index (κ2) is 6.32. The van der Waals surface area contributed by atoms with Crippen molar-refractivity contribution in [3.05, 3.63) is 42.5 Å². The van der Waals surface area contributed by atoms with Gasteiger partial charge in [0, 0.05) is 18.3 Å². The summed E-state index contributed by atoms with van der Waals surface area (Å²) in [4.78, 5) is 23.1. The molecule has 2 unspecified atom stereocenters. The number of aliphatic hydroxyl groups excluding tert-OH is 1. The van der Waals surface area contributed by atoms with Crippen molar-refractivity contribution in [2.24, 2.45) is 11.8 Å². The van der Waals surface area contributed by atoms with Crippen molar-refractivity contribution < 1.29 is 24.2 Å². The molecule has 1 aromatic rings. The van der Waals surface area contributed by atoms with Crippen LogP contribution in [0.15, 0.2) is 42.5 Å². The second-order valence-electron chi connectivity index (χ2n) is 5.70. The van der Waals surface area contributed by atoms with Crippen molar-refractivity contribution in [1.29, 1.82) is 0 Å². The van der Waals surface area contributed by atoms with E-state index >= 15 is 0 Å². The van der Waals surface area contributed by atoms with E-state index in [4.69, 9.17) is 9.47 Å². The molecule has 0 bridgehead atoms. The molecule has 1 aliphatic carbocycles. The molecule has 1 aliphatic heterocycles. The van der Waals surface area contributed by atoms with Crippen molar-refractivity contribution in [1.82, 2.24) is 0 Å². The highest BCUT2D eigenvalue weighted by atomic mass is 16.6. The van der Waals surface area contributed by atoms with Crippen LogP contribution >= 0.6 is 0 Å². The minimum Gasteiger partial charge on any atom is -0.485 e. The van der Waals surface area contributed by atoms with E-state index in [1.165, 1.54) is 6.08 Å². The molecule has 1 heterocycles. The monoisotopic (exact) mass is 302 g/mol. The van der Waals surface area contributed by atoms with Crippen LogP contribution in [-0.2, 0) is 14.3 Å². The lowest BCUT2D eigenvalue weighted by molar-refractivity contribution is -0.141. The molecule has 1 saturated heterocycles. The first kappa shape index (κ1) is 14.8. The quantitative estimate of drug-likeness (QED) is 0.659. The fourth-order valence-corrected chi connectivity index (χ4v) is 3.12. The molecule has 5 nitrogen and oxygen atoms in total. The zero-order valence-electron chi connectivity index (χ0n) is 12.1. The SMILES string of the molecule is O=C(/C=C/[C@H]1C2CC(=O)OC2C[C@@H]1O)COc1ccccc1. The molecule has 2 fully saturated rings. The maximum Gasteiger partial charge on any atom is 0.306 e. The van der Waals surface area contributed by atoms with Crippen molar-refractivity contribution in [2.45, 2.75) is 25.0 Å². The first-order valence-electron chi connectivity index (χ1n) is 7.40. The molecule has 4 atom stereocenters. The Labute approximate surface area is 128 Å². The van der Waals surface area contributed by atoms with Crippen LogP contribution in [0, 0.1) is 11.8 Å². The van der Waals surface area contributed by atoms with E-state index in [-0.39, 0.29) is 36.3 Å². The molecule has 22 heavy (non-hydrogen) atoms. The van der Waals surface area contributed by atoms with Gasteiger partial charge in [0.1, 0.15) is 11.9 Å². The average Bonchev–Trinajstić information content (AvgIpc) is 2.99. The Kier molecular flexibility index (Phi) is 4.24. The summed E-state index contributed by atoms with van der Waals surface area (Å²) in [7, 11) is 0. The topological polar surface area (TPSA) is 72.8 Å². The Morgan fingerprint density at radius 1 is 1.36 bits per heavy atom. The molecular weight excluding hydrogens is 284 g/mol. The Morgan fingerprint density at radius 2 is 2.14 bits per heavy atom. The average molecular weight is 302 g/mol. The largest absolute Gasteiger partial charge is 0.485 e. The van der Waals surface area contributed by atoms with E-state index < -0.39 is 6.10 Å². The highest BCUT2D eigenvalue weighted by Gasteiger charge is 2.48. The van der Waals surface area contributed by atoms with Gasteiger partial charge < -0.3 is 14.6 Å². The minimum absolute atomic E-state index is 0.0263. The molecule has 116 valence electrons.